The van der Waals surface area contributed by atoms with E-state index >= 15 is 0 Å². The highest BCUT2D eigenvalue weighted by molar-refractivity contribution is 7.99. The fraction of sp³-hybridized carbons (Fsp3) is 0.500. The van der Waals surface area contributed by atoms with Crippen LogP contribution in [0.15, 0.2) is 29.2 Å². The second kappa shape index (κ2) is 7.11. The van der Waals surface area contributed by atoms with Gasteiger partial charge in [-0.1, -0.05) is 12.1 Å². The van der Waals surface area contributed by atoms with Gasteiger partial charge in [-0.15, -0.1) is 11.8 Å². The lowest BCUT2D eigenvalue weighted by Gasteiger charge is -2.11. The minimum atomic E-state index is -2.92. The molecule has 102 valence electrons. The molecule has 0 radical (unpaired) electrons. The van der Waals surface area contributed by atoms with Crippen molar-refractivity contribution in [1.29, 1.82) is 0 Å². The van der Waals surface area contributed by atoms with E-state index in [1.54, 1.807) is 18.2 Å². The van der Waals surface area contributed by atoms with Crippen LogP contribution < -0.4 is 5.73 Å². The summed E-state index contributed by atoms with van der Waals surface area (Å²) in [5, 5.41) is 0. The van der Waals surface area contributed by atoms with Crippen LogP contribution in [-0.4, -0.2) is 32.2 Å². The van der Waals surface area contributed by atoms with Crippen molar-refractivity contribution in [3.63, 3.8) is 0 Å². The third-order valence-electron chi connectivity index (χ3n) is 2.38. The zero-order valence-electron chi connectivity index (χ0n) is 10.3. The van der Waals surface area contributed by atoms with Crippen LogP contribution in [0.2, 0.25) is 0 Å². The molecule has 0 fully saturated rings. The highest BCUT2D eigenvalue weighted by Crippen LogP contribution is 2.22. The van der Waals surface area contributed by atoms with Crippen LogP contribution >= 0.6 is 11.8 Å². The molecular formula is C12H18FNO2S2. The maximum absolute atomic E-state index is 13.3. The number of nitrogens with two attached hydrogens (primary N) is 1. The number of hydrogen-bond donors (Lipinski definition) is 1. The Morgan fingerprint density at radius 3 is 2.67 bits per heavy atom. The monoisotopic (exact) mass is 291 g/mol. The molecule has 6 heteroatoms. The molecule has 2 N–H and O–H groups in total. The molecule has 1 aromatic rings. The molecule has 0 saturated heterocycles. The SMILES string of the molecule is CS(=O)(=O)CCCC(N)CSc1ccccc1F. The smallest absolute Gasteiger partial charge is 0.147 e. The molecule has 18 heavy (non-hydrogen) atoms. The number of thioether (sulfide) groups is 1. The van der Waals surface area contributed by atoms with Gasteiger partial charge in [0.1, 0.15) is 15.7 Å². The lowest BCUT2D eigenvalue weighted by atomic mass is 10.2. The van der Waals surface area contributed by atoms with Crippen LogP contribution in [0, 0.1) is 5.82 Å². The fourth-order valence-corrected chi connectivity index (χ4v) is 3.08. The van der Waals surface area contributed by atoms with Crippen molar-refractivity contribution in [2.45, 2.75) is 23.8 Å². The molecule has 0 bridgehead atoms. The predicted octanol–water partition coefficient (Wildman–Crippen LogP) is 2.07. The van der Waals surface area contributed by atoms with E-state index in [4.69, 9.17) is 5.73 Å². The van der Waals surface area contributed by atoms with Gasteiger partial charge in [0.2, 0.25) is 0 Å². The van der Waals surface area contributed by atoms with E-state index in [1.807, 2.05) is 0 Å². The van der Waals surface area contributed by atoms with Crippen LogP contribution in [0.4, 0.5) is 4.39 Å². The molecule has 1 rings (SSSR count). The first-order valence-corrected chi connectivity index (χ1v) is 8.74. The molecular weight excluding hydrogens is 273 g/mol. The standard InChI is InChI=1S/C12H18FNO2S2/c1-18(15,16)8-4-5-10(14)9-17-12-7-3-2-6-11(12)13/h2-3,6-7,10H,4-5,8-9,14H2,1H3. The number of hydrogen-bond acceptors (Lipinski definition) is 4. The maximum atomic E-state index is 13.3. The van der Waals surface area contributed by atoms with E-state index in [9.17, 15) is 12.8 Å². The van der Waals surface area contributed by atoms with Gasteiger partial charge in [0.05, 0.1) is 0 Å². The van der Waals surface area contributed by atoms with E-state index in [-0.39, 0.29) is 17.6 Å². The highest BCUT2D eigenvalue weighted by atomic mass is 32.2. The first-order valence-electron chi connectivity index (χ1n) is 5.69. The largest absolute Gasteiger partial charge is 0.327 e. The molecule has 0 amide bonds. The van der Waals surface area contributed by atoms with Crippen LogP contribution in [0.1, 0.15) is 12.8 Å². The summed E-state index contributed by atoms with van der Waals surface area (Å²) in [5.74, 6) is 0.501. The summed E-state index contributed by atoms with van der Waals surface area (Å²) in [6.45, 7) is 0. The number of halogens is 1. The van der Waals surface area contributed by atoms with Gasteiger partial charge in [0, 0.05) is 28.7 Å². The second-order valence-corrected chi connectivity index (χ2v) is 7.60. The number of benzene rings is 1. The van der Waals surface area contributed by atoms with E-state index in [0.29, 0.717) is 23.5 Å². The quantitative estimate of drug-likeness (QED) is 0.781. The van der Waals surface area contributed by atoms with Crippen LogP contribution in [0.25, 0.3) is 0 Å². The van der Waals surface area contributed by atoms with Crippen molar-refractivity contribution in [3.05, 3.63) is 30.1 Å². The molecule has 0 saturated carbocycles. The van der Waals surface area contributed by atoms with Crippen LogP contribution in [0.3, 0.4) is 0 Å². The van der Waals surface area contributed by atoms with Gasteiger partial charge < -0.3 is 5.73 Å². The van der Waals surface area contributed by atoms with Gasteiger partial charge in [0.15, 0.2) is 0 Å². The zero-order valence-corrected chi connectivity index (χ0v) is 11.9. The summed E-state index contributed by atoms with van der Waals surface area (Å²) in [5.41, 5.74) is 5.86. The third-order valence-corrected chi connectivity index (χ3v) is 4.65. The van der Waals surface area contributed by atoms with Gasteiger partial charge in [0.25, 0.3) is 0 Å². The zero-order chi connectivity index (χ0) is 13.6. The number of sulfone groups is 1. The van der Waals surface area contributed by atoms with E-state index < -0.39 is 9.84 Å². The van der Waals surface area contributed by atoms with E-state index in [0.717, 1.165) is 0 Å². The maximum Gasteiger partial charge on any atom is 0.147 e. The average Bonchev–Trinajstić information content (AvgIpc) is 2.26. The molecule has 1 unspecified atom stereocenters. The molecule has 0 aliphatic carbocycles. The van der Waals surface area contributed by atoms with Gasteiger partial charge in [-0.2, -0.15) is 0 Å². The van der Waals surface area contributed by atoms with Crippen LogP contribution in [-0.2, 0) is 9.84 Å². The highest BCUT2D eigenvalue weighted by Gasteiger charge is 2.08. The first-order chi connectivity index (χ1) is 8.38. The summed E-state index contributed by atoms with van der Waals surface area (Å²) < 4.78 is 35.2. The Balaban J connectivity index is 2.29. The first kappa shape index (κ1) is 15.5. The molecule has 0 aliphatic rings. The van der Waals surface area contributed by atoms with Gasteiger partial charge in [-0.25, -0.2) is 12.8 Å². The molecule has 0 aromatic heterocycles. The van der Waals surface area contributed by atoms with E-state index in [1.165, 1.54) is 24.1 Å². The Hall–Kier alpha value is -0.590. The van der Waals surface area contributed by atoms with Gasteiger partial charge in [-0.05, 0) is 25.0 Å². The summed E-state index contributed by atoms with van der Waals surface area (Å²) in [4.78, 5) is 0.580. The van der Waals surface area contributed by atoms with Gasteiger partial charge in [-0.3, -0.25) is 0 Å². The Morgan fingerprint density at radius 2 is 2.06 bits per heavy atom. The molecule has 0 heterocycles. The normalized spacial score (nSPS) is 13.5. The fourth-order valence-electron chi connectivity index (χ4n) is 1.45. The second-order valence-electron chi connectivity index (χ2n) is 4.27. The number of rotatable bonds is 7. The molecule has 1 atom stereocenters. The Kier molecular flexibility index (Phi) is 6.11. The summed E-state index contributed by atoms with van der Waals surface area (Å²) in [6.07, 6.45) is 2.40. The van der Waals surface area contributed by atoms with Crippen molar-refractivity contribution in [1.82, 2.24) is 0 Å². The minimum Gasteiger partial charge on any atom is -0.327 e. The molecule has 1 aromatic carbocycles. The summed E-state index contributed by atoms with van der Waals surface area (Å²) in [6, 6.07) is 6.43. The average molecular weight is 291 g/mol. The van der Waals surface area contributed by atoms with Crippen molar-refractivity contribution in [2.75, 3.05) is 17.8 Å². The van der Waals surface area contributed by atoms with Gasteiger partial charge >= 0.3 is 0 Å². The molecule has 0 aliphatic heterocycles. The Bertz CT molecular complexity index is 477. The lowest BCUT2D eigenvalue weighted by molar-refractivity contribution is 0.591. The van der Waals surface area contributed by atoms with E-state index in [2.05, 4.69) is 0 Å². The topological polar surface area (TPSA) is 60.2 Å². The predicted molar refractivity (Wildman–Crippen MR) is 74.0 cm³/mol. The van der Waals surface area contributed by atoms with Crippen LogP contribution in [0.5, 0.6) is 0 Å². The van der Waals surface area contributed by atoms with Crippen molar-refractivity contribution >= 4 is 21.6 Å². The Morgan fingerprint density at radius 1 is 1.39 bits per heavy atom. The molecule has 3 nitrogen and oxygen atoms in total. The molecule has 0 spiro atoms. The minimum absolute atomic E-state index is 0.114. The van der Waals surface area contributed by atoms with Crippen molar-refractivity contribution in [2.24, 2.45) is 5.73 Å². The third kappa shape index (κ3) is 6.37. The van der Waals surface area contributed by atoms with Crippen molar-refractivity contribution in [3.8, 4) is 0 Å². The summed E-state index contributed by atoms with van der Waals surface area (Å²) >= 11 is 1.36. The lowest BCUT2D eigenvalue weighted by Crippen LogP contribution is -2.23. The van der Waals surface area contributed by atoms with Crippen molar-refractivity contribution < 1.29 is 12.8 Å². The Labute approximate surface area is 112 Å². The summed E-state index contributed by atoms with van der Waals surface area (Å²) in [7, 11) is -2.92.